The maximum absolute atomic E-state index is 12.0. The molecule has 18 heavy (non-hydrogen) atoms. The number of nitrogens with one attached hydrogen (secondary N) is 1. The van der Waals surface area contributed by atoms with E-state index in [1.54, 1.807) is 12.3 Å². The van der Waals surface area contributed by atoms with E-state index in [0.29, 0.717) is 17.1 Å². The number of hydrogen-bond acceptors (Lipinski definition) is 3. The van der Waals surface area contributed by atoms with Crippen molar-refractivity contribution >= 4 is 21.6 Å². The van der Waals surface area contributed by atoms with Gasteiger partial charge in [-0.2, -0.15) is 5.10 Å². The number of halogens is 1. The second-order valence-corrected chi connectivity index (χ2v) is 5.07. The lowest BCUT2D eigenvalue weighted by Crippen LogP contribution is -2.27. The second kappa shape index (κ2) is 6.00. The molecule has 0 amide bonds. The molecule has 0 fully saturated rings. The summed E-state index contributed by atoms with van der Waals surface area (Å²) in [6.07, 6.45) is 10.8. The molecule has 0 saturated heterocycles. The van der Waals surface area contributed by atoms with Gasteiger partial charge in [-0.25, -0.2) is 4.68 Å². The van der Waals surface area contributed by atoms with Crippen molar-refractivity contribution in [3.05, 3.63) is 45.8 Å². The lowest BCUT2D eigenvalue weighted by atomic mass is 10.0. The standard InChI is InChI=1S/C13H16BrN3O/c1-2-8-17-13(18)12(14)11(9-15-17)16-10-6-4-3-5-7-10/h2-4,9-10,16H,1,5-8H2. The molecule has 0 aromatic carbocycles. The van der Waals surface area contributed by atoms with E-state index < -0.39 is 0 Å². The molecule has 0 radical (unpaired) electrons. The van der Waals surface area contributed by atoms with Crippen LogP contribution in [0.3, 0.4) is 0 Å². The molecule has 4 nitrogen and oxygen atoms in total. The van der Waals surface area contributed by atoms with E-state index in [9.17, 15) is 4.79 Å². The van der Waals surface area contributed by atoms with Crippen molar-refractivity contribution in [2.24, 2.45) is 0 Å². The van der Waals surface area contributed by atoms with Crippen LogP contribution in [0.25, 0.3) is 0 Å². The lowest BCUT2D eigenvalue weighted by Gasteiger charge is -2.21. The minimum atomic E-state index is -0.133. The van der Waals surface area contributed by atoms with Crippen molar-refractivity contribution in [1.82, 2.24) is 9.78 Å². The molecular formula is C13H16BrN3O. The first kappa shape index (κ1) is 13.1. The Morgan fingerprint density at radius 1 is 1.61 bits per heavy atom. The highest BCUT2D eigenvalue weighted by Gasteiger charge is 2.13. The molecule has 1 aromatic rings. The Balaban J connectivity index is 2.18. The summed E-state index contributed by atoms with van der Waals surface area (Å²) in [5.41, 5.74) is 0.631. The summed E-state index contributed by atoms with van der Waals surface area (Å²) in [4.78, 5) is 12.0. The molecule has 5 heteroatoms. The maximum atomic E-state index is 12.0. The van der Waals surface area contributed by atoms with Gasteiger partial charge in [0, 0.05) is 6.04 Å². The van der Waals surface area contributed by atoms with Gasteiger partial charge in [-0.15, -0.1) is 6.58 Å². The Kier molecular flexibility index (Phi) is 4.36. The number of nitrogens with zero attached hydrogens (tertiary/aromatic N) is 2. The van der Waals surface area contributed by atoms with Crippen LogP contribution in [0, 0.1) is 0 Å². The highest BCUT2D eigenvalue weighted by molar-refractivity contribution is 9.10. The van der Waals surface area contributed by atoms with Crippen molar-refractivity contribution in [3.63, 3.8) is 0 Å². The van der Waals surface area contributed by atoms with Crippen LogP contribution in [0.1, 0.15) is 19.3 Å². The Morgan fingerprint density at radius 3 is 3.11 bits per heavy atom. The van der Waals surface area contributed by atoms with Crippen LogP contribution in [-0.2, 0) is 6.54 Å². The van der Waals surface area contributed by atoms with Gasteiger partial charge in [-0.1, -0.05) is 18.2 Å². The van der Waals surface area contributed by atoms with E-state index in [1.807, 2.05) is 0 Å². The molecule has 1 aliphatic rings. The van der Waals surface area contributed by atoms with Gasteiger partial charge in [0.25, 0.3) is 5.56 Å². The Morgan fingerprint density at radius 2 is 2.44 bits per heavy atom. The first-order chi connectivity index (χ1) is 8.72. The van der Waals surface area contributed by atoms with Crippen LogP contribution in [0.2, 0.25) is 0 Å². The van der Waals surface area contributed by atoms with Gasteiger partial charge in [0.05, 0.1) is 18.4 Å². The largest absolute Gasteiger partial charge is 0.380 e. The zero-order chi connectivity index (χ0) is 13.0. The van der Waals surface area contributed by atoms with Crippen molar-refractivity contribution in [2.45, 2.75) is 31.8 Å². The molecular weight excluding hydrogens is 294 g/mol. The van der Waals surface area contributed by atoms with E-state index in [-0.39, 0.29) is 5.56 Å². The van der Waals surface area contributed by atoms with Crippen molar-refractivity contribution in [3.8, 4) is 0 Å². The van der Waals surface area contributed by atoms with E-state index in [2.05, 4.69) is 45.1 Å². The molecule has 1 N–H and O–H groups in total. The van der Waals surface area contributed by atoms with E-state index in [0.717, 1.165) is 24.9 Å². The zero-order valence-electron chi connectivity index (χ0n) is 10.1. The molecule has 1 unspecified atom stereocenters. The molecule has 1 heterocycles. The highest BCUT2D eigenvalue weighted by atomic mass is 79.9. The summed E-state index contributed by atoms with van der Waals surface area (Å²) in [6, 6.07) is 0.378. The zero-order valence-corrected chi connectivity index (χ0v) is 11.7. The summed E-state index contributed by atoms with van der Waals surface area (Å²) in [6.45, 7) is 4.03. The predicted octanol–water partition coefficient (Wildman–Crippen LogP) is 2.71. The van der Waals surface area contributed by atoms with Gasteiger partial charge < -0.3 is 5.32 Å². The Labute approximate surface area is 115 Å². The third kappa shape index (κ3) is 2.90. The van der Waals surface area contributed by atoms with Crippen molar-refractivity contribution in [1.29, 1.82) is 0 Å². The Hall–Kier alpha value is -1.36. The third-order valence-electron chi connectivity index (χ3n) is 2.92. The van der Waals surface area contributed by atoms with Crippen LogP contribution in [0.4, 0.5) is 5.69 Å². The monoisotopic (exact) mass is 309 g/mol. The van der Waals surface area contributed by atoms with Gasteiger partial charge in [-0.05, 0) is 35.2 Å². The van der Waals surface area contributed by atoms with Crippen LogP contribution >= 0.6 is 15.9 Å². The Bertz CT molecular complexity index is 521. The van der Waals surface area contributed by atoms with E-state index >= 15 is 0 Å². The summed E-state index contributed by atoms with van der Waals surface area (Å²) < 4.78 is 1.91. The fraction of sp³-hybridized carbons (Fsp3) is 0.385. The van der Waals surface area contributed by atoms with Crippen LogP contribution in [0.5, 0.6) is 0 Å². The van der Waals surface area contributed by atoms with Crippen LogP contribution < -0.4 is 10.9 Å². The topological polar surface area (TPSA) is 46.9 Å². The van der Waals surface area contributed by atoms with Gasteiger partial charge in [0.1, 0.15) is 4.47 Å². The van der Waals surface area contributed by atoms with Crippen LogP contribution in [-0.4, -0.2) is 15.8 Å². The fourth-order valence-electron chi connectivity index (χ4n) is 1.96. The van der Waals surface area contributed by atoms with Gasteiger partial charge >= 0.3 is 0 Å². The number of hydrogen-bond donors (Lipinski definition) is 1. The lowest BCUT2D eigenvalue weighted by molar-refractivity contribution is 0.629. The summed E-state index contributed by atoms with van der Waals surface area (Å²) >= 11 is 3.34. The minimum absolute atomic E-state index is 0.133. The van der Waals surface area contributed by atoms with E-state index in [4.69, 9.17) is 0 Å². The second-order valence-electron chi connectivity index (χ2n) is 4.27. The number of aromatic nitrogens is 2. The molecule has 1 aromatic heterocycles. The average molecular weight is 310 g/mol. The SMILES string of the molecule is C=CCn1ncc(NC2CC=CCC2)c(Br)c1=O. The number of rotatable bonds is 4. The molecule has 2 rings (SSSR count). The van der Waals surface area contributed by atoms with Crippen molar-refractivity contribution < 1.29 is 0 Å². The van der Waals surface area contributed by atoms with E-state index in [1.165, 1.54) is 4.68 Å². The third-order valence-corrected chi connectivity index (χ3v) is 3.68. The summed E-state index contributed by atoms with van der Waals surface area (Å²) in [5, 5.41) is 7.48. The summed E-state index contributed by atoms with van der Waals surface area (Å²) in [7, 11) is 0. The predicted molar refractivity (Wildman–Crippen MR) is 76.8 cm³/mol. The highest BCUT2D eigenvalue weighted by Crippen LogP contribution is 2.21. The van der Waals surface area contributed by atoms with Crippen molar-refractivity contribution in [2.75, 3.05) is 5.32 Å². The molecule has 1 aliphatic carbocycles. The van der Waals surface area contributed by atoms with Crippen LogP contribution in [0.15, 0.2) is 40.3 Å². The summed E-state index contributed by atoms with van der Waals surface area (Å²) in [5.74, 6) is 0. The van der Waals surface area contributed by atoms with Gasteiger partial charge in [0.15, 0.2) is 0 Å². The first-order valence-corrected chi connectivity index (χ1v) is 6.79. The normalized spacial score (nSPS) is 18.6. The molecule has 1 atom stereocenters. The van der Waals surface area contributed by atoms with Gasteiger partial charge in [0.2, 0.25) is 0 Å². The molecule has 0 bridgehead atoms. The average Bonchev–Trinajstić information content (AvgIpc) is 2.40. The molecule has 0 aliphatic heterocycles. The quantitative estimate of drug-likeness (QED) is 0.870. The molecule has 0 spiro atoms. The first-order valence-electron chi connectivity index (χ1n) is 6.00. The maximum Gasteiger partial charge on any atom is 0.283 e. The minimum Gasteiger partial charge on any atom is -0.380 e. The molecule has 0 saturated carbocycles. The smallest absolute Gasteiger partial charge is 0.283 e. The number of allylic oxidation sites excluding steroid dienone is 2. The fourth-order valence-corrected chi connectivity index (χ4v) is 2.38. The van der Waals surface area contributed by atoms with Gasteiger partial charge in [-0.3, -0.25) is 4.79 Å². The molecule has 96 valence electrons. The number of anilines is 1.